The van der Waals surface area contributed by atoms with E-state index in [0.29, 0.717) is 0 Å². The molecule has 0 saturated heterocycles. The predicted molar refractivity (Wildman–Crippen MR) is 26.3 cm³/mol. The Morgan fingerprint density at radius 2 is 2.56 bits per heavy atom. The lowest BCUT2D eigenvalue weighted by Gasteiger charge is -1.94. The second-order valence-electron chi connectivity index (χ2n) is 0.877. The van der Waals surface area contributed by atoms with Crippen LogP contribution in [0, 0.1) is 11.5 Å². The molecule has 3 N–H and O–H groups in total. The number of rotatable bonds is 2. The first-order valence-electron chi connectivity index (χ1n) is 1.85. The molecule has 0 atom stereocenters. The predicted octanol–water partition coefficient (Wildman–Crippen LogP) is -1.38. The van der Waals surface area contributed by atoms with E-state index in [-0.39, 0.29) is 0 Å². The molecule has 6 nitrogen and oxygen atoms in total. The van der Waals surface area contributed by atoms with E-state index < -0.39 is 6.09 Å². The number of nitrogens with zero attached hydrogens (tertiary/aromatic N) is 1. The minimum Gasteiger partial charge on any atom is -0.474 e. The Morgan fingerprint density at radius 1 is 1.89 bits per heavy atom. The van der Waals surface area contributed by atoms with Crippen molar-refractivity contribution in [3.05, 3.63) is 0 Å². The van der Waals surface area contributed by atoms with Crippen LogP contribution in [0.4, 0.5) is 4.79 Å². The summed E-state index contributed by atoms with van der Waals surface area (Å²) in [5, 5.41) is 9.60. The van der Waals surface area contributed by atoms with Crippen molar-refractivity contribution in [1.29, 1.82) is 5.26 Å². The molecule has 0 bridgehead atoms. The first-order chi connectivity index (χ1) is 4.31. The number of nitrogens with one attached hydrogen (secondary N) is 1. The van der Waals surface area contributed by atoms with E-state index in [9.17, 15) is 4.79 Å². The minimum absolute atomic E-state index is 0.745. The van der Waals surface area contributed by atoms with Gasteiger partial charge < -0.3 is 14.7 Å². The van der Waals surface area contributed by atoms with Gasteiger partial charge in [0.2, 0.25) is 0 Å². The summed E-state index contributed by atoms with van der Waals surface area (Å²) in [4.78, 5) is 13.6. The SMILES string of the molecule is N#CO[B]NC(=O)ON. The van der Waals surface area contributed by atoms with E-state index >= 15 is 0 Å². The van der Waals surface area contributed by atoms with Crippen LogP contribution in [0.3, 0.4) is 0 Å². The van der Waals surface area contributed by atoms with E-state index in [4.69, 9.17) is 5.26 Å². The lowest BCUT2D eigenvalue weighted by Crippen LogP contribution is -2.30. The fourth-order valence-corrected chi connectivity index (χ4v) is 0.138. The van der Waals surface area contributed by atoms with E-state index in [1.54, 1.807) is 0 Å². The molecule has 0 unspecified atom stereocenters. The smallest absolute Gasteiger partial charge is 0.474 e. The first kappa shape index (κ1) is 7.58. The van der Waals surface area contributed by atoms with Crippen molar-refractivity contribution < 1.29 is 14.3 Å². The molecule has 0 saturated carbocycles. The van der Waals surface area contributed by atoms with Gasteiger partial charge in [-0.15, -0.1) is 0 Å². The number of carbonyl (C=O) groups is 1. The summed E-state index contributed by atoms with van der Waals surface area (Å²) in [6.07, 6.45) is 0.383. The zero-order valence-corrected chi connectivity index (χ0v) is 4.33. The van der Waals surface area contributed by atoms with Crippen molar-refractivity contribution in [2.75, 3.05) is 0 Å². The molecule has 47 valence electrons. The molecular formula is C2H3BN3O3. The van der Waals surface area contributed by atoms with Gasteiger partial charge in [0, 0.05) is 0 Å². The van der Waals surface area contributed by atoms with Crippen LogP contribution in [0.25, 0.3) is 0 Å². The number of hydrogen-bond acceptors (Lipinski definition) is 5. The van der Waals surface area contributed by atoms with E-state index in [1.165, 1.54) is 6.26 Å². The second-order valence-corrected chi connectivity index (χ2v) is 0.877. The maximum atomic E-state index is 10.0. The van der Waals surface area contributed by atoms with Crippen molar-refractivity contribution in [3.8, 4) is 6.26 Å². The summed E-state index contributed by atoms with van der Waals surface area (Å²) in [6.45, 7) is 0. The molecule has 0 aromatic rings. The Hall–Kier alpha value is -1.42. The molecule has 7 heteroatoms. The van der Waals surface area contributed by atoms with Gasteiger partial charge in [0.05, 0.1) is 0 Å². The van der Waals surface area contributed by atoms with Crippen LogP contribution >= 0.6 is 0 Å². The van der Waals surface area contributed by atoms with Gasteiger partial charge in [0.25, 0.3) is 6.26 Å². The van der Waals surface area contributed by atoms with Gasteiger partial charge in [-0.25, -0.2) is 4.79 Å². The summed E-state index contributed by atoms with van der Waals surface area (Å²) in [6, 6.07) is 0. The molecule has 0 aromatic heterocycles. The lowest BCUT2D eigenvalue weighted by atomic mass is 10.3. The van der Waals surface area contributed by atoms with E-state index in [1.807, 2.05) is 5.23 Å². The van der Waals surface area contributed by atoms with Crippen molar-refractivity contribution >= 4 is 13.7 Å². The number of carbonyl (C=O) groups excluding carboxylic acids is 1. The molecule has 0 aliphatic rings. The lowest BCUT2D eigenvalue weighted by molar-refractivity contribution is 0.153. The van der Waals surface area contributed by atoms with Gasteiger partial charge in [-0.05, 0) is 0 Å². The summed E-state index contributed by atoms with van der Waals surface area (Å²) >= 11 is 0. The van der Waals surface area contributed by atoms with Crippen LogP contribution < -0.4 is 11.1 Å². The van der Waals surface area contributed by atoms with Gasteiger partial charge >= 0.3 is 13.7 Å². The molecular weight excluding hydrogens is 125 g/mol. The summed E-state index contributed by atoms with van der Waals surface area (Å²) in [7, 11) is 0.745. The first-order valence-corrected chi connectivity index (χ1v) is 1.85. The van der Waals surface area contributed by atoms with Crippen molar-refractivity contribution in [2.24, 2.45) is 5.90 Å². The third kappa shape index (κ3) is 4.44. The maximum Gasteiger partial charge on any atom is 0.534 e. The highest BCUT2D eigenvalue weighted by Crippen LogP contribution is 1.64. The molecule has 0 aliphatic carbocycles. The fourth-order valence-electron chi connectivity index (χ4n) is 0.138. The van der Waals surface area contributed by atoms with Gasteiger partial charge in [-0.1, -0.05) is 0 Å². The van der Waals surface area contributed by atoms with Gasteiger partial charge in [-0.3, -0.25) is 0 Å². The zero-order valence-electron chi connectivity index (χ0n) is 4.33. The van der Waals surface area contributed by atoms with E-state index in [0.717, 1.165) is 7.62 Å². The zero-order chi connectivity index (χ0) is 7.11. The normalized spacial score (nSPS) is 6.67. The third-order valence-corrected chi connectivity index (χ3v) is 0.395. The Balaban J connectivity index is 3.09. The number of nitriles is 1. The summed E-state index contributed by atoms with van der Waals surface area (Å²) in [5.74, 6) is 4.38. The van der Waals surface area contributed by atoms with Crippen molar-refractivity contribution in [1.82, 2.24) is 5.23 Å². The maximum absolute atomic E-state index is 10.0. The fraction of sp³-hybridized carbons (Fsp3) is 0. The average Bonchev–Trinajstić information content (AvgIpc) is 1.89. The summed E-state index contributed by atoms with van der Waals surface area (Å²) < 4.78 is 3.92. The minimum atomic E-state index is -0.898. The van der Waals surface area contributed by atoms with E-state index in [2.05, 4.69) is 15.4 Å². The van der Waals surface area contributed by atoms with Crippen LogP contribution in [0.1, 0.15) is 0 Å². The number of amides is 1. The number of hydrogen-bond donors (Lipinski definition) is 2. The molecule has 1 radical (unpaired) electrons. The number of nitrogens with two attached hydrogens (primary N) is 1. The highest BCUT2D eigenvalue weighted by molar-refractivity contribution is 6.29. The Kier molecular flexibility index (Phi) is 3.99. The Bertz CT molecular complexity index is 132. The molecule has 0 heterocycles. The standard InChI is InChI=1S/C2H3BN3O3/c4-1-8-3-6-2(7)9-5/h5H2,(H,6,7). The van der Waals surface area contributed by atoms with Crippen molar-refractivity contribution in [2.45, 2.75) is 0 Å². The Labute approximate surface area is 51.8 Å². The second kappa shape index (κ2) is 4.74. The van der Waals surface area contributed by atoms with Gasteiger partial charge in [0.15, 0.2) is 0 Å². The molecule has 0 spiro atoms. The van der Waals surface area contributed by atoms with Crippen molar-refractivity contribution in [3.63, 3.8) is 0 Å². The van der Waals surface area contributed by atoms with Crippen LogP contribution in [-0.4, -0.2) is 13.7 Å². The van der Waals surface area contributed by atoms with Gasteiger partial charge in [0.1, 0.15) is 0 Å². The monoisotopic (exact) mass is 128 g/mol. The molecule has 1 amide bonds. The highest BCUT2D eigenvalue weighted by Gasteiger charge is 2.00. The molecule has 0 fully saturated rings. The third-order valence-electron chi connectivity index (χ3n) is 0.395. The van der Waals surface area contributed by atoms with Crippen LogP contribution in [0.2, 0.25) is 0 Å². The quantitative estimate of drug-likeness (QED) is 0.206. The largest absolute Gasteiger partial charge is 0.534 e. The molecule has 0 aromatic carbocycles. The summed E-state index contributed by atoms with van der Waals surface area (Å²) in [5.41, 5.74) is 0. The molecule has 0 rings (SSSR count). The molecule has 0 aliphatic heterocycles. The average molecular weight is 128 g/mol. The van der Waals surface area contributed by atoms with Crippen LogP contribution in [0.5, 0.6) is 0 Å². The van der Waals surface area contributed by atoms with Gasteiger partial charge in [-0.2, -0.15) is 11.2 Å². The van der Waals surface area contributed by atoms with Crippen LogP contribution in [-0.2, 0) is 9.49 Å². The van der Waals surface area contributed by atoms with Crippen LogP contribution in [0.15, 0.2) is 0 Å². The Morgan fingerprint density at radius 3 is 3.00 bits per heavy atom. The highest BCUT2D eigenvalue weighted by atomic mass is 16.7. The molecule has 9 heavy (non-hydrogen) atoms. The topological polar surface area (TPSA) is 97.4 Å².